The van der Waals surface area contributed by atoms with Crippen LogP contribution < -0.4 is 4.74 Å². The highest BCUT2D eigenvalue weighted by atomic mass is 16.7. The van der Waals surface area contributed by atoms with Gasteiger partial charge in [-0.3, -0.25) is 0 Å². The summed E-state index contributed by atoms with van der Waals surface area (Å²) in [6.45, 7) is 10.7. The van der Waals surface area contributed by atoms with E-state index in [0.29, 0.717) is 28.7 Å². The molecule has 0 bridgehead atoms. The number of benzene rings is 2. The summed E-state index contributed by atoms with van der Waals surface area (Å²) < 4.78 is 15.7. The van der Waals surface area contributed by atoms with Gasteiger partial charge in [-0.25, -0.2) is 9.59 Å². The standard InChI is InChI=1S/C23H25N3O5/c1-15(2)21(27)29-13-12-16-10-11-17-18(14-16)25-26(24-17)19-8-6-7-9-20(19)30-22(28)31-23(3,4)5/h6-11,14H,1,12-13H2,2-5H3. The molecule has 0 aliphatic rings. The number of esters is 1. The number of ether oxygens (including phenoxy) is 3. The third-order valence-electron chi connectivity index (χ3n) is 4.08. The maximum absolute atomic E-state index is 12.1. The minimum Gasteiger partial charge on any atom is -0.462 e. The summed E-state index contributed by atoms with van der Waals surface area (Å²) in [5.41, 5.74) is 2.49. The lowest BCUT2D eigenvalue weighted by molar-refractivity contribution is -0.138. The number of hydrogen-bond acceptors (Lipinski definition) is 7. The summed E-state index contributed by atoms with van der Waals surface area (Å²) in [7, 11) is 0. The third kappa shape index (κ3) is 5.91. The third-order valence-corrected chi connectivity index (χ3v) is 4.08. The minimum atomic E-state index is -0.803. The Morgan fingerprint density at radius 1 is 1.06 bits per heavy atom. The highest BCUT2D eigenvalue weighted by Crippen LogP contribution is 2.24. The molecule has 8 heteroatoms. The summed E-state index contributed by atoms with van der Waals surface area (Å²) in [6.07, 6.45) is -0.261. The monoisotopic (exact) mass is 423 g/mol. The molecule has 0 radical (unpaired) electrons. The van der Waals surface area contributed by atoms with Crippen molar-refractivity contribution in [2.24, 2.45) is 0 Å². The van der Waals surface area contributed by atoms with Gasteiger partial charge >= 0.3 is 12.1 Å². The second-order valence-corrected chi connectivity index (χ2v) is 8.01. The van der Waals surface area contributed by atoms with Gasteiger partial charge in [0.15, 0.2) is 5.75 Å². The van der Waals surface area contributed by atoms with Crippen molar-refractivity contribution in [2.45, 2.75) is 39.7 Å². The van der Waals surface area contributed by atoms with Gasteiger partial charge in [0, 0.05) is 12.0 Å². The van der Waals surface area contributed by atoms with Gasteiger partial charge in [-0.1, -0.05) is 24.8 Å². The van der Waals surface area contributed by atoms with Crippen LogP contribution in [0.15, 0.2) is 54.6 Å². The molecule has 0 unspecified atom stereocenters. The van der Waals surface area contributed by atoms with Crippen LogP contribution in [0.1, 0.15) is 33.3 Å². The summed E-state index contributed by atoms with van der Waals surface area (Å²) in [5.74, 6) is -0.127. The molecule has 0 amide bonds. The molecule has 0 aliphatic heterocycles. The van der Waals surface area contributed by atoms with Crippen molar-refractivity contribution < 1.29 is 23.8 Å². The van der Waals surface area contributed by atoms with E-state index in [9.17, 15) is 9.59 Å². The molecule has 8 nitrogen and oxygen atoms in total. The number of hydrogen-bond donors (Lipinski definition) is 0. The fourth-order valence-corrected chi connectivity index (χ4v) is 2.68. The lowest BCUT2D eigenvalue weighted by Crippen LogP contribution is -2.26. The summed E-state index contributed by atoms with van der Waals surface area (Å²) in [6, 6.07) is 12.6. The molecule has 0 saturated heterocycles. The SMILES string of the molecule is C=C(C)C(=O)OCCc1ccc2nn(-c3ccccc3OC(=O)OC(C)(C)C)nc2c1. The van der Waals surface area contributed by atoms with Crippen molar-refractivity contribution in [1.82, 2.24) is 15.0 Å². The predicted octanol–water partition coefficient (Wildman–Crippen LogP) is 4.40. The van der Waals surface area contributed by atoms with Gasteiger partial charge in [0.25, 0.3) is 0 Å². The predicted molar refractivity (Wildman–Crippen MR) is 115 cm³/mol. The number of carbonyl (C=O) groups is 2. The summed E-state index contributed by atoms with van der Waals surface area (Å²) in [4.78, 5) is 25.0. The average Bonchev–Trinajstić information content (AvgIpc) is 3.09. The first-order valence-corrected chi connectivity index (χ1v) is 9.81. The van der Waals surface area contributed by atoms with Crippen LogP contribution in [0, 0.1) is 0 Å². The first-order chi connectivity index (χ1) is 14.6. The molecular formula is C23H25N3O5. The number of fused-ring (bicyclic) bond motifs is 1. The maximum atomic E-state index is 12.1. The van der Waals surface area contributed by atoms with Crippen molar-refractivity contribution in [2.75, 3.05) is 6.61 Å². The van der Waals surface area contributed by atoms with Crippen molar-refractivity contribution in [3.05, 3.63) is 60.2 Å². The lowest BCUT2D eigenvalue weighted by Gasteiger charge is -2.19. The van der Waals surface area contributed by atoms with Crippen molar-refractivity contribution in [1.29, 1.82) is 0 Å². The minimum absolute atomic E-state index is 0.248. The Hall–Kier alpha value is -3.68. The van der Waals surface area contributed by atoms with E-state index in [1.54, 1.807) is 52.0 Å². The number of nitrogens with zero attached hydrogens (tertiary/aromatic N) is 3. The largest absolute Gasteiger partial charge is 0.514 e. The molecule has 0 atom stereocenters. The zero-order chi connectivity index (χ0) is 22.6. The Labute approximate surface area is 180 Å². The van der Waals surface area contributed by atoms with Crippen LogP contribution in [0.25, 0.3) is 16.7 Å². The van der Waals surface area contributed by atoms with Crippen LogP contribution in [0.4, 0.5) is 4.79 Å². The quantitative estimate of drug-likeness (QED) is 0.330. The van der Waals surface area contributed by atoms with Crippen LogP contribution in [0.3, 0.4) is 0 Å². The van der Waals surface area contributed by atoms with Gasteiger partial charge in [-0.05, 0) is 57.5 Å². The Morgan fingerprint density at radius 3 is 2.48 bits per heavy atom. The van der Waals surface area contributed by atoms with Crippen LogP contribution in [0.2, 0.25) is 0 Å². The Bertz CT molecular complexity index is 1130. The smallest absolute Gasteiger partial charge is 0.462 e. The summed E-state index contributed by atoms with van der Waals surface area (Å²) >= 11 is 0. The van der Waals surface area contributed by atoms with E-state index >= 15 is 0 Å². The zero-order valence-electron chi connectivity index (χ0n) is 18.0. The molecule has 3 rings (SSSR count). The number of carbonyl (C=O) groups excluding carboxylic acids is 2. The molecule has 0 aliphatic carbocycles. The van der Waals surface area contributed by atoms with Crippen molar-refractivity contribution in [3.8, 4) is 11.4 Å². The molecule has 162 valence electrons. The number of aromatic nitrogens is 3. The first kappa shape index (κ1) is 22.0. The van der Waals surface area contributed by atoms with Gasteiger partial charge in [0.1, 0.15) is 22.3 Å². The average molecular weight is 423 g/mol. The van der Waals surface area contributed by atoms with Gasteiger partial charge in [-0.2, -0.15) is 0 Å². The first-order valence-electron chi connectivity index (χ1n) is 9.81. The topological polar surface area (TPSA) is 92.5 Å². The molecular weight excluding hydrogens is 398 g/mol. The van der Waals surface area contributed by atoms with Crippen molar-refractivity contribution in [3.63, 3.8) is 0 Å². The van der Waals surface area contributed by atoms with Gasteiger partial charge in [-0.15, -0.1) is 15.0 Å². The fourth-order valence-electron chi connectivity index (χ4n) is 2.68. The number of para-hydroxylation sites is 2. The molecule has 0 fully saturated rings. The second kappa shape index (κ2) is 8.99. The van der Waals surface area contributed by atoms with Crippen molar-refractivity contribution >= 4 is 23.2 Å². The zero-order valence-corrected chi connectivity index (χ0v) is 18.0. The normalized spacial score (nSPS) is 11.2. The highest BCUT2D eigenvalue weighted by Gasteiger charge is 2.20. The maximum Gasteiger partial charge on any atom is 0.514 e. The van der Waals surface area contributed by atoms with E-state index in [4.69, 9.17) is 14.2 Å². The van der Waals surface area contributed by atoms with Crippen LogP contribution >= 0.6 is 0 Å². The molecule has 1 aromatic heterocycles. The molecule has 2 aromatic carbocycles. The van der Waals surface area contributed by atoms with Crippen LogP contribution in [-0.2, 0) is 20.7 Å². The summed E-state index contributed by atoms with van der Waals surface area (Å²) in [5, 5.41) is 8.98. The molecule has 0 saturated carbocycles. The van der Waals surface area contributed by atoms with Crippen LogP contribution in [0.5, 0.6) is 5.75 Å². The van der Waals surface area contributed by atoms with E-state index in [-0.39, 0.29) is 12.4 Å². The molecule has 0 spiro atoms. The van der Waals surface area contributed by atoms with Crippen LogP contribution in [-0.4, -0.2) is 39.3 Å². The molecule has 31 heavy (non-hydrogen) atoms. The van der Waals surface area contributed by atoms with E-state index in [1.165, 1.54) is 4.80 Å². The van der Waals surface area contributed by atoms with E-state index < -0.39 is 17.7 Å². The van der Waals surface area contributed by atoms with Gasteiger partial charge < -0.3 is 14.2 Å². The van der Waals surface area contributed by atoms with E-state index in [0.717, 1.165) is 5.56 Å². The van der Waals surface area contributed by atoms with E-state index in [1.807, 2.05) is 18.2 Å². The fraction of sp³-hybridized carbons (Fsp3) is 0.304. The molecule has 0 N–H and O–H groups in total. The highest BCUT2D eigenvalue weighted by molar-refractivity contribution is 5.86. The van der Waals surface area contributed by atoms with E-state index in [2.05, 4.69) is 16.8 Å². The van der Waals surface area contributed by atoms with Gasteiger partial charge in [0.05, 0.1) is 6.61 Å². The Balaban J connectivity index is 1.78. The lowest BCUT2D eigenvalue weighted by atomic mass is 10.1. The number of rotatable bonds is 6. The Morgan fingerprint density at radius 2 is 1.77 bits per heavy atom. The molecule has 1 heterocycles. The van der Waals surface area contributed by atoms with Gasteiger partial charge in [0.2, 0.25) is 0 Å². The molecule has 3 aromatic rings. The Kier molecular flexibility index (Phi) is 6.39. The second-order valence-electron chi connectivity index (χ2n) is 8.01.